The molecule has 0 atom stereocenters. The number of nitrogens with one attached hydrogen (secondary N) is 1. The third kappa shape index (κ3) is 3.45. The van der Waals surface area contributed by atoms with Crippen molar-refractivity contribution in [2.24, 2.45) is 0 Å². The first kappa shape index (κ1) is 12.4. The molecular weight excluding hydrogens is 212 g/mol. The van der Waals surface area contributed by atoms with Gasteiger partial charge in [0.15, 0.2) is 0 Å². The number of hydrogen-bond acceptors (Lipinski definition) is 3. The molecule has 0 spiro atoms. The molecule has 1 aromatic heterocycles. The maximum atomic E-state index is 5.81. The maximum absolute atomic E-state index is 5.81. The summed E-state index contributed by atoms with van der Waals surface area (Å²) < 4.78 is 5.81. The summed E-state index contributed by atoms with van der Waals surface area (Å²) >= 11 is 0. The smallest absolute Gasteiger partial charge is 0.118 e. The summed E-state index contributed by atoms with van der Waals surface area (Å²) in [6, 6.07) is 2.19. The Balaban J connectivity index is 1.94. The van der Waals surface area contributed by atoms with Crippen molar-refractivity contribution < 1.29 is 4.42 Å². The van der Waals surface area contributed by atoms with Gasteiger partial charge in [0.25, 0.3) is 0 Å². The van der Waals surface area contributed by atoms with Crippen LogP contribution in [-0.2, 0) is 13.1 Å². The molecule has 1 N–H and O–H groups in total. The Morgan fingerprint density at radius 3 is 3.00 bits per heavy atom. The number of hydrogen-bond donors (Lipinski definition) is 1. The molecule has 2 heterocycles. The minimum absolute atomic E-state index is 0.908. The fourth-order valence-electron chi connectivity index (χ4n) is 2.15. The van der Waals surface area contributed by atoms with Crippen LogP contribution in [0.3, 0.4) is 0 Å². The Kier molecular flexibility index (Phi) is 4.40. The first-order valence-corrected chi connectivity index (χ1v) is 6.46. The van der Waals surface area contributed by atoms with E-state index < -0.39 is 0 Å². The zero-order valence-corrected chi connectivity index (χ0v) is 10.8. The fraction of sp³-hybridized carbons (Fsp3) is 0.571. The van der Waals surface area contributed by atoms with Gasteiger partial charge < -0.3 is 9.73 Å². The predicted octanol–water partition coefficient (Wildman–Crippen LogP) is 2.46. The first-order valence-electron chi connectivity index (χ1n) is 6.46. The molecule has 0 bridgehead atoms. The van der Waals surface area contributed by atoms with Crippen LogP contribution < -0.4 is 5.32 Å². The topological polar surface area (TPSA) is 28.4 Å². The van der Waals surface area contributed by atoms with Gasteiger partial charge in [0.2, 0.25) is 0 Å². The lowest BCUT2D eigenvalue weighted by Crippen LogP contribution is -2.26. The number of aryl methyl sites for hydroxylation is 1. The normalized spacial score (nSPS) is 16.6. The van der Waals surface area contributed by atoms with Crippen LogP contribution in [0.4, 0.5) is 0 Å². The average molecular weight is 234 g/mol. The van der Waals surface area contributed by atoms with Crippen LogP contribution in [0, 0.1) is 6.92 Å². The van der Waals surface area contributed by atoms with Crippen LogP contribution in [0.5, 0.6) is 0 Å². The summed E-state index contributed by atoms with van der Waals surface area (Å²) in [6.07, 6.45) is 5.64. The van der Waals surface area contributed by atoms with Gasteiger partial charge in [-0.15, -0.1) is 0 Å². The highest BCUT2D eigenvalue weighted by atomic mass is 16.3. The van der Waals surface area contributed by atoms with E-state index in [1.807, 2.05) is 6.92 Å². The summed E-state index contributed by atoms with van der Waals surface area (Å²) in [5, 5.41) is 3.34. The van der Waals surface area contributed by atoms with Crippen molar-refractivity contribution in [2.75, 3.05) is 19.6 Å². The van der Waals surface area contributed by atoms with Gasteiger partial charge in [-0.25, -0.2) is 0 Å². The maximum Gasteiger partial charge on any atom is 0.118 e. The highest BCUT2D eigenvalue weighted by molar-refractivity contribution is 5.20. The molecule has 0 fully saturated rings. The molecule has 1 aromatic rings. The molecule has 17 heavy (non-hydrogen) atoms. The summed E-state index contributed by atoms with van der Waals surface area (Å²) in [7, 11) is 0. The van der Waals surface area contributed by atoms with Crippen molar-refractivity contribution in [3.05, 3.63) is 35.3 Å². The summed E-state index contributed by atoms with van der Waals surface area (Å²) in [5.41, 5.74) is 1.29. The molecule has 0 aliphatic carbocycles. The highest BCUT2D eigenvalue weighted by Crippen LogP contribution is 2.17. The second-order valence-electron chi connectivity index (χ2n) is 4.57. The van der Waals surface area contributed by atoms with E-state index in [-0.39, 0.29) is 0 Å². The van der Waals surface area contributed by atoms with Gasteiger partial charge in [0.05, 0.1) is 6.54 Å². The van der Waals surface area contributed by atoms with E-state index in [4.69, 9.17) is 4.42 Å². The minimum Gasteiger partial charge on any atom is -0.465 e. The van der Waals surface area contributed by atoms with Crippen LogP contribution in [-0.4, -0.2) is 24.5 Å². The Morgan fingerprint density at radius 2 is 2.29 bits per heavy atom. The van der Waals surface area contributed by atoms with Crippen molar-refractivity contribution in [1.82, 2.24) is 10.2 Å². The molecule has 1 aliphatic heterocycles. The van der Waals surface area contributed by atoms with Gasteiger partial charge in [-0.3, -0.25) is 4.90 Å². The lowest BCUT2D eigenvalue weighted by atomic mass is 10.2. The lowest BCUT2D eigenvalue weighted by Gasteiger charge is -2.21. The quantitative estimate of drug-likeness (QED) is 0.793. The van der Waals surface area contributed by atoms with E-state index in [0.717, 1.165) is 50.7 Å². The second kappa shape index (κ2) is 6.03. The molecule has 3 nitrogen and oxygen atoms in total. The Hall–Kier alpha value is -1.06. The first-order chi connectivity index (χ1) is 8.29. The zero-order chi connectivity index (χ0) is 12.1. The van der Waals surface area contributed by atoms with Crippen LogP contribution in [0.1, 0.15) is 30.4 Å². The van der Waals surface area contributed by atoms with Gasteiger partial charge in [-0.1, -0.05) is 19.1 Å². The van der Waals surface area contributed by atoms with E-state index >= 15 is 0 Å². The fourth-order valence-corrected chi connectivity index (χ4v) is 2.15. The Morgan fingerprint density at radius 1 is 1.41 bits per heavy atom. The third-order valence-corrected chi connectivity index (χ3v) is 3.16. The van der Waals surface area contributed by atoms with Crippen LogP contribution in [0.25, 0.3) is 0 Å². The molecule has 0 saturated heterocycles. The van der Waals surface area contributed by atoms with Gasteiger partial charge in [0.1, 0.15) is 11.5 Å². The van der Waals surface area contributed by atoms with Crippen LogP contribution in [0.2, 0.25) is 0 Å². The number of nitrogens with zero attached hydrogens (tertiary/aromatic N) is 1. The summed E-state index contributed by atoms with van der Waals surface area (Å²) in [6.45, 7) is 9.18. The number of furan rings is 1. The Labute approximate surface area is 103 Å². The van der Waals surface area contributed by atoms with Gasteiger partial charge in [0, 0.05) is 25.2 Å². The second-order valence-corrected chi connectivity index (χ2v) is 4.57. The lowest BCUT2D eigenvalue weighted by molar-refractivity contribution is 0.263. The van der Waals surface area contributed by atoms with Gasteiger partial charge >= 0.3 is 0 Å². The van der Waals surface area contributed by atoms with E-state index in [9.17, 15) is 0 Å². The van der Waals surface area contributed by atoms with Crippen molar-refractivity contribution in [3.63, 3.8) is 0 Å². The molecule has 0 amide bonds. The minimum atomic E-state index is 0.908. The molecule has 94 valence electrons. The van der Waals surface area contributed by atoms with E-state index in [0.29, 0.717) is 0 Å². The third-order valence-electron chi connectivity index (χ3n) is 3.16. The molecule has 0 aromatic carbocycles. The van der Waals surface area contributed by atoms with E-state index in [1.54, 1.807) is 0 Å². The predicted molar refractivity (Wildman–Crippen MR) is 69.9 cm³/mol. The molecule has 0 unspecified atom stereocenters. The average Bonchev–Trinajstić information content (AvgIpc) is 2.68. The largest absolute Gasteiger partial charge is 0.465 e. The van der Waals surface area contributed by atoms with Crippen molar-refractivity contribution >= 4 is 0 Å². The summed E-state index contributed by atoms with van der Waals surface area (Å²) in [5.74, 6) is 2.14. The Bertz CT molecular complexity index is 382. The monoisotopic (exact) mass is 234 g/mol. The van der Waals surface area contributed by atoms with Crippen molar-refractivity contribution in [2.45, 2.75) is 33.4 Å². The van der Waals surface area contributed by atoms with Gasteiger partial charge in [-0.2, -0.15) is 0 Å². The zero-order valence-electron chi connectivity index (χ0n) is 10.8. The van der Waals surface area contributed by atoms with Crippen molar-refractivity contribution in [3.8, 4) is 0 Å². The SMILES string of the molecule is CCNCc1cc(CN2CC=CCC2)oc1C. The molecular formula is C14H22N2O. The van der Waals surface area contributed by atoms with Crippen LogP contribution in [0.15, 0.2) is 22.6 Å². The molecule has 0 saturated carbocycles. The highest BCUT2D eigenvalue weighted by Gasteiger charge is 2.11. The number of rotatable bonds is 5. The van der Waals surface area contributed by atoms with Crippen LogP contribution >= 0.6 is 0 Å². The molecule has 1 aliphatic rings. The molecule has 0 radical (unpaired) electrons. The standard InChI is InChI=1S/C14H22N2O/c1-3-15-10-13-9-14(17-12(13)2)11-16-7-5-4-6-8-16/h4-5,9,15H,3,6-8,10-11H2,1-2H3. The van der Waals surface area contributed by atoms with Gasteiger partial charge in [-0.05, 0) is 26.0 Å². The molecule has 2 rings (SSSR count). The molecule has 3 heteroatoms. The van der Waals surface area contributed by atoms with Crippen molar-refractivity contribution in [1.29, 1.82) is 0 Å². The van der Waals surface area contributed by atoms with E-state index in [1.165, 1.54) is 5.56 Å². The summed E-state index contributed by atoms with van der Waals surface area (Å²) in [4.78, 5) is 2.41. The van der Waals surface area contributed by atoms with E-state index in [2.05, 4.69) is 35.4 Å².